The number of hydrogen-bond acceptors (Lipinski definition) is 3. The van der Waals surface area contributed by atoms with Crippen molar-refractivity contribution in [2.45, 2.75) is 19.9 Å². The van der Waals surface area contributed by atoms with Crippen molar-refractivity contribution in [3.8, 4) is 0 Å². The summed E-state index contributed by atoms with van der Waals surface area (Å²) >= 11 is 0. The summed E-state index contributed by atoms with van der Waals surface area (Å²) in [5.41, 5.74) is 11.7. The highest BCUT2D eigenvalue weighted by Crippen LogP contribution is 2.18. The summed E-state index contributed by atoms with van der Waals surface area (Å²) in [7, 11) is 0. The molecule has 1 aromatic carbocycles. The van der Waals surface area contributed by atoms with E-state index in [-0.39, 0.29) is 5.56 Å². The highest BCUT2D eigenvalue weighted by Gasteiger charge is 2.14. The largest absolute Gasteiger partial charge is 0.398 e. The second-order valence-corrected chi connectivity index (χ2v) is 4.17. The van der Waals surface area contributed by atoms with Gasteiger partial charge in [0.25, 0.3) is 5.91 Å². The number of carbonyl (C=O) groups excluding carboxylic acids is 1. The Morgan fingerprint density at radius 3 is 2.72 bits per heavy atom. The maximum absolute atomic E-state index is 12.2. The van der Waals surface area contributed by atoms with Crippen LogP contribution >= 0.6 is 0 Å². The lowest BCUT2D eigenvalue weighted by molar-refractivity contribution is 0.0999. The molecule has 0 spiro atoms. The zero-order valence-electron chi connectivity index (χ0n) is 10.1. The summed E-state index contributed by atoms with van der Waals surface area (Å²) in [5.74, 6) is -0.727. The summed E-state index contributed by atoms with van der Waals surface area (Å²) in [6.45, 7) is 2.71. The fraction of sp³-hybridized carbons (Fsp3) is 0.231. The van der Waals surface area contributed by atoms with E-state index in [1.54, 1.807) is 12.1 Å². The lowest BCUT2D eigenvalue weighted by atomic mass is 10.1. The smallest absolute Gasteiger partial charge is 0.254 e. The summed E-state index contributed by atoms with van der Waals surface area (Å²) in [6.07, 6.45) is 2.39. The number of primary amides is 1. The molecule has 2 rings (SSSR count). The van der Waals surface area contributed by atoms with Crippen molar-refractivity contribution in [2.75, 3.05) is 5.73 Å². The number of benzene rings is 1. The summed E-state index contributed by atoms with van der Waals surface area (Å²) in [6, 6.07) is 5.24. The van der Waals surface area contributed by atoms with Crippen LogP contribution in [0.2, 0.25) is 0 Å². The van der Waals surface area contributed by atoms with Crippen molar-refractivity contribution in [3.63, 3.8) is 0 Å². The molecular formula is C13H15N3O2. The van der Waals surface area contributed by atoms with Crippen molar-refractivity contribution < 1.29 is 4.79 Å². The molecule has 1 aromatic heterocycles. The summed E-state index contributed by atoms with van der Waals surface area (Å²) in [5, 5.41) is 0.363. The van der Waals surface area contributed by atoms with Gasteiger partial charge >= 0.3 is 0 Å². The Balaban J connectivity index is 2.93. The monoisotopic (exact) mass is 245 g/mol. The fourth-order valence-corrected chi connectivity index (χ4v) is 2.06. The molecule has 0 saturated heterocycles. The Hall–Kier alpha value is -2.30. The summed E-state index contributed by atoms with van der Waals surface area (Å²) in [4.78, 5) is 23.5. The number of aryl methyl sites for hydroxylation is 1. The number of nitrogens with zero attached hydrogens (tertiary/aromatic N) is 1. The maximum atomic E-state index is 12.2. The molecule has 0 saturated carbocycles. The van der Waals surface area contributed by atoms with Crippen LogP contribution in [-0.4, -0.2) is 10.5 Å². The first-order chi connectivity index (χ1) is 8.56. The van der Waals surface area contributed by atoms with Gasteiger partial charge in [-0.25, -0.2) is 0 Å². The molecule has 0 atom stereocenters. The minimum atomic E-state index is -0.727. The van der Waals surface area contributed by atoms with Gasteiger partial charge < -0.3 is 16.0 Å². The van der Waals surface area contributed by atoms with Crippen LogP contribution < -0.4 is 16.9 Å². The average molecular weight is 245 g/mol. The van der Waals surface area contributed by atoms with Gasteiger partial charge in [0.2, 0.25) is 5.43 Å². The second kappa shape index (κ2) is 4.52. The van der Waals surface area contributed by atoms with Crippen LogP contribution in [0.25, 0.3) is 10.9 Å². The Labute approximate surface area is 104 Å². The van der Waals surface area contributed by atoms with Gasteiger partial charge in [-0.2, -0.15) is 0 Å². The molecule has 1 heterocycles. The fourth-order valence-electron chi connectivity index (χ4n) is 2.06. The molecule has 0 aliphatic rings. The second-order valence-electron chi connectivity index (χ2n) is 4.17. The molecule has 0 radical (unpaired) electrons. The van der Waals surface area contributed by atoms with Gasteiger partial charge in [-0.05, 0) is 18.6 Å². The number of carbonyl (C=O) groups is 1. The Bertz CT molecular complexity index is 674. The van der Waals surface area contributed by atoms with Crippen molar-refractivity contribution in [3.05, 3.63) is 40.2 Å². The van der Waals surface area contributed by atoms with E-state index in [9.17, 15) is 9.59 Å². The molecule has 5 heteroatoms. The van der Waals surface area contributed by atoms with Crippen molar-refractivity contribution in [1.29, 1.82) is 0 Å². The van der Waals surface area contributed by atoms with Crippen LogP contribution in [0.4, 0.5) is 5.69 Å². The van der Waals surface area contributed by atoms with Crippen LogP contribution in [-0.2, 0) is 6.54 Å². The third-order valence-electron chi connectivity index (χ3n) is 2.87. The van der Waals surface area contributed by atoms with E-state index in [0.717, 1.165) is 11.9 Å². The topological polar surface area (TPSA) is 91.1 Å². The molecule has 0 bridgehead atoms. The molecule has 94 valence electrons. The van der Waals surface area contributed by atoms with Crippen molar-refractivity contribution in [2.24, 2.45) is 5.73 Å². The number of hydrogen-bond donors (Lipinski definition) is 2. The Morgan fingerprint density at radius 1 is 1.39 bits per heavy atom. The number of pyridine rings is 1. The number of fused-ring (bicyclic) bond motifs is 1. The molecule has 1 amide bonds. The van der Waals surface area contributed by atoms with Crippen LogP contribution in [0.1, 0.15) is 23.7 Å². The number of nitrogens with two attached hydrogens (primary N) is 2. The van der Waals surface area contributed by atoms with Crippen LogP contribution in [0.5, 0.6) is 0 Å². The zero-order valence-corrected chi connectivity index (χ0v) is 10.1. The quantitative estimate of drug-likeness (QED) is 0.793. The molecule has 0 unspecified atom stereocenters. The average Bonchev–Trinajstić information content (AvgIpc) is 2.32. The van der Waals surface area contributed by atoms with E-state index >= 15 is 0 Å². The lowest BCUT2D eigenvalue weighted by Crippen LogP contribution is -2.24. The van der Waals surface area contributed by atoms with Gasteiger partial charge in [0, 0.05) is 18.4 Å². The van der Waals surface area contributed by atoms with Gasteiger partial charge in [0.15, 0.2) is 0 Å². The van der Waals surface area contributed by atoms with Gasteiger partial charge in [-0.3, -0.25) is 9.59 Å². The first kappa shape index (κ1) is 12.2. The minimum absolute atomic E-state index is 0.0196. The number of rotatable bonds is 3. The third kappa shape index (κ3) is 1.84. The lowest BCUT2D eigenvalue weighted by Gasteiger charge is -2.12. The van der Waals surface area contributed by atoms with E-state index in [0.29, 0.717) is 17.6 Å². The van der Waals surface area contributed by atoms with Crippen molar-refractivity contribution in [1.82, 2.24) is 4.57 Å². The van der Waals surface area contributed by atoms with Crippen molar-refractivity contribution >= 4 is 22.5 Å². The molecule has 0 aliphatic heterocycles. The molecule has 18 heavy (non-hydrogen) atoms. The molecule has 0 aliphatic carbocycles. The highest BCUT2D eigenvalue weighted by atomic mass is 16.2. The highest BCUT2D eigenvalue weighted by molar-refractivity contribution is 5.99. The van der Waals surface area contributed by atoms with Gasteiger partial charge in [-0.15, -0.1) is 0 Å². The first-order valence-corrected chi connectivity index (χ1v) is 5.77. The zero-order chi connectivity index (χ0) is 13.3. The molecule has 2 aromatic rings. The minimum Gasteiger partial charge on any atom is -0.398 e. The number of anilines is 1. The molecule has 4 N–H and O–H groups in total. The SMILES string of the molecule is CCCn1cc(C(N)=O)c(=O)c2c(N)cccc21. The number of amides is 1. The van der Waals surface area contributed by atoms with E-state index in [2.05, 4.69) is 0 Å². The predicted octanol–water partition coefficient (Wildman–Crippen LogP) is 1.09. The number of nitrogen functional groups attached to an aromatic ring is 1. The standard InChI is InChI=1S/C13H15N3O2/c1-2-6-16-7-8(13(15)18)12(17)11-9(14)4-3-5-10(11)16/h3-5,7H,2,6,14H2,1H3,(H2,15,18). The maximum Gasteiger partial charge on any atom is 0.254 e. The summed E-state index contributed by atoms with van der Waals surface area (Å²) < 4.78 is 1.84. The molecule has 0 fully saturated rings. The molecule has 5 nitrogen and oxygen atoms in total. The predicted molar refractivity (Wildman–Crippen MR) is 71.4 cm³/mol. The van der Waals surface area contributed by atoms with Crippen LogP contribution in [0.3, 0.4) is 0 Å². The Morgan fingerprint density at radius 2 is 2.11 bits per heavy atom. The normalized spacial score (nSPS) is 10.7. The van der Waals surface area contributed by atoms with Gasteiger partial charge in [-0.1, -0.05) is 13.0 Å². The van der Waals surface area contributed by atoms with Crippen LogP contribution in [0, 0.1) is 0 Å². The number of aromatic nitrogens is 1. The van der Waals surface area contributed by atoms with E-state index in [1.807, 2.05) is 17.6 Å². The van der Waals surface area contributed by atoms with Crippen LogP contribution in [0.15, 0.2) is 29.2 Å². The van der Waals surface area contributed by atoms with E-state index < -0.39 is 11.3 Å². The first-order valence-electron chi connectivity index (χ1n) is 5.77. The van der Waals surface area contributed by atoms with E-state index in [4.69, 9.17) is 11.5 Å². The van der Waals surface area contributed by atoms with E-state index in [1.165, 1.54) is 6.20 Å². The third-order valence-corrected chi connectivity index (χ3v) is 2.87. The van der Waals surface area contributed by atoms with Gasteiger partial charge in [0.1, 0.15) is 5.56 Å². The Kier molecular flexibility index (Phi) is 3.06. The van der Waals surface area contributed by atoms with Gasteiger partial charge in [0.05, 0.1) is 10.9 Å². The molecular weight excluding hydrogens is 230 g/mol.